The van der Waals surface area contributed by atoms with Crippen molar-refractivity contribution in [2.45, 2.75) is 57.0 Å². The highest BCUT2D eigenvalue weighted by Crippen LogP contribution is 2.54. The fraction of sp³-hybridized carbons (Fsp3) is 0.588. The number of halogens is 1. The van der Waals surface area contributed by atoms with Gasteiger partial charge in [-0.15, -0.1) is 12.4 Å². The Morgan fingerprint density at radius 3 is 2.86 bits per heavy atom. The number of nitrogens with one attached hydrogen (secondary N) is 1. The molecule has 2 aliphatic rings. The van der Waals surface area contributed by atoms with E-state index in [4.69, 9.17) is 5.73 Å². The van der Waals surface area contributed by atoms with Crippen molar-refractivity contribution in [2.75, 3.05) is 0 Å². The van der Waals surface area contributed by atoms with Crippen molar-refractivity contribution in [1.82, 2.24) is 5.32 Å². The van der Waals surface area contributed by atoms with Gasteiger partial charge in [0.05, 0.1) is 5.54 Å². The van der Waals surface area contributed by atoms with Crippen LogP contribution in [0.4, 0.5) is 0 Å². The van der Waals surface area contributed by atoms with Gasteiger partial charge >= 0.3 is 0 Å². The number of aryl methyl sites for hydroxylation is 1. The number of benzene rings is 1. The molecule has 0 bridgehead atoms. The lowest BCUT2D eigenvalue weighted by molar-refractivity contribution is -0.126. The van der Waals surface area contributed by atoms with Crippen LogP contribution < -0.4 is 11.1 Å². The maximum absolute atomic E-state index is 12.3. The Balaban J connectivity index is 0.00000161. The van der Waals surface area contributed by atoms with Gasteiger partial charge in [-0.05, 0) is 43.2 Å². The van der Waals surface area contributed by atoms with Crippen LogP contribution >= 0.6 is 12.4 Å². The second-order valence-corrected chi connectivity index (χ2v) is 6.59. The highest BCUT2D eigenvalue weighted by molar-refractivity contribution is 5.86. The van der Waals surface area contributed by atoms with E-state index in [1.165, 1.54) is 17.5 Å². The molecule has 0 saturated heterocycles. The topological polar surface area (TPSA) is 55.1 Å². The van der Waals surface area contributed by atoms with Crippen LogP contribution in [0, 0.1) is 5.92 Å². The molecule has 3 nitrogen and oxygen atoms in total. The summed E-state index contributed by atoms with van der Waals surface area (Å²) in [5.41, 5.74) is 8.27. The zero-order chi connectivity index (χ0) is 14.3. The minimum absolute atomic E-state index is 0. The SMILES string of the molecule is CCCC(C)(N)C(=O)NC1C2CCc3ccccc3C21.Cl. The van der Waals surface area contributed by atoms with Crippen LogP contribution in [0.5, 0.6) is 0 Å². The summed E-state index contributed by atoms with van der Waals surface area (Å²) < 4.78 is 0. The second-order valence-electron chi connectivity index (χ2n) is 6.59. The molecule has 1 amide bonds. The van der Waals surface area contributed by atoms with Crippen molar-refractivity contribution >= 4 is 18.3 Å². The van der Waals surface area contributed by atoms with Gasteiger partial charge < -0.3 is 11.1 Å². The molecule has 0 aliphatic heterocycles. The van der Waals surface area contributed by atoms with E-state index < -0.39 is 5.54 Å². The third-order valence-corrected chi connectivity index (χ3v) is 4.92. The average molecular weight is 309 g/mol. The van der Waals surface area contributed by atoms with Crippen LogP contribution in [0.1, 0.15) is 50.2 Å². The quantitative estimate of drug-likeness (QED) is 0.898. The maximum Gasteiger partial charge on any atom is 0.240 e. The van der Waals surface area contributed by atoms with Crippen molar-refractivity contribution in [2.24, 2.45) is 11.7 Å². The number of fused-ring (bicyclic) bond motifs is 3. The summed E-state index contributed by atoms with van der Waals surface area (Å²) in [4.78, 5) is 12.3. The molecule has 1 aromatic carbocycles. The molecule has 1 fully saturated rings. The van der Waals surface area contributed by atoms with E-state index in [1.807, 2.05) is 6.92 Å². The van der Waals surface area contributed by atoms with Crippen LogP contribution in [-0.2, 0) is 11.2 Å². The molecular weight excluding hydrogens is 284 g/mol. The van der Waals surface area contributed by atoms with Crippen molar-refractivity contribution < 1.29 is 4.79 Å². The summed E-state index contributed by atoms with van der Waals surface area (Å²) in [6, 6.07) is 8.93. The van der Waals surface area contributed by atoms with Gasteiger partial charge in [0.25, 0.3) is 0 Å². The van der Waals surface area contributed by atoms with E-state index in [0.29, 0.717) is 17.9 Å². The van der Waals surface area contributed by atoms with Crippen LogP contribution in [0.25, 0.3) is 0 Å². The fourth-order valence-electron chi connectivity index (χ4n) is 3.71. The van der Waals surface area contributed by atoms with E-state index in [0.717, 1.165) is 19.3 Å². The monoisotopic (exact) mass is 308 g/mol. The van der Waals surface area contributed by atoms with Crippen molar-refractivity contribution in [1.29, 1.82) is 0 Å². The molecule has 3 rings (SSSR count). The van der Waals surface area contributed by atoms with Gasteiger partial charge in [0.15, 0.2) is 0 Å². The van der Waals surface area contributed by atoms with Gasteiger partial charge in [0, 0.05) is 12.0 Å². The van der Waals surface area contributed by atoms with Crippen molar-refractivity contribution in [3.63, 3.8) is 0 Å². The Bertz CT molecular complexity index is 529. The first kappa shape index (κ1) is 16.3. The maximum atomic E-state index is 12.3. The first-order chi connectivity index (χ1) is 9.54. The number of carbonyl (C=O) groups is 1. The number of hydrogen-bond donors (Lipinski definition) is 2. The van der Waals surface area contributed by atoms with Crippen molar-refractivity contribution in [3.05, 3.63) is 35.4 Å². The first-order valence-electron chi connectivity index (χ1n) is 7.72. The number of carbonyl (C=O) groups excluding carboxylic acids is 1. The van der Waals surface area contributed by atoms with Gasteiger partial charge in [0.2, 0.25) is 5.91 Å². The zero-order valence-corrected chi connectivity index (χ0v) is 13.6. The molecule has 0 aromatic heterocycles. The smallest absolute Gasteiger partial charge is 0.240 e. The third-order valence-electron chi connectivity index (χ3n) is 4.92. The van der Waals surface area contributed by atoms with Crippen LogP contribution in [0.2, 0.25) is 0 Å². The van der Waals surface area contributed by atoms with E-state index in [-0.39, 0.29) is 18.3 Å². The minimum atomic E-state index is -0.736. The van der Waals surface area contributed by atoms with Gasteiger partial charge in [-0.1, -0.05) is 37.6 Å². The lowest BCUT2D eigenvalue weighted by atomic mass is 9.92. The minimum Gasteiger partial charge on any atom is -0.351 e. The van der Waals surface area contributed by atoms with Crippen LogP contribution in [0.15, 0.2) is 24.3 Å². The lowest BCUT2D eigenvalue weighted by Gasteiger charge is -2.23. The van der Waals surface area contributed by atoms with Gasteiger partial charge in [-0.2, -0.15) is 0 Å². The number of hydrogen-bond acceptors (Lipinski definition) is 2. The first-order valence-corrected chi connectivity index (χ1v) is 7.72. The van der Waals surface area contributed by atoms with Crippen LogP contribution in [0.3, 0.4) is 0 Å². The Morgan fingerprint density at radius 2 is 2.14 bits per heavy atom. The summed E-state index contributed by atoms with van der Waals surface area (Å²) in [7, 11) is 0. The summed E-state index contributed by atoms with van der Waals surface area (Å²) in [6.45, 7) is 3.90. The zero-order valence-electron chi connectivity index (χ0n) is 12.8. The molecular formula is C17H25ClN2O. The number of nitrogens with two attached hydrogens (primary N) is 1. The molecule has 3 N–H and O–H groups in total. The van der Waals surface area contributed by atoms with E-state index in [1.54, 1.807) is 0 Å². The Labute approximate surface area is 133 Å². The number of amides is 1. The summed E-state index contributed by atoms with van der Waals surface area (Å²) in [6.07, 6.45) is 3.98. The fourth-order valence-corrected chi connectivity index (χ4v) is 3.71. The molecule has 4 atom stereocenters. The average Bonchev–Trinajstić information content (AvgIpc) is 3.12. The van der Waals surface area contributed by atoms with Gasteiger partial charge in [-0.25, -0.2) is 0 Å². The second kappa shape index (κ2) is 5.98. The van der Waals surface area contributed by atoms with E-state index in [9.17, 15) is 4.79 Å². The molecule has 1 saturated carbocycles. The molecule has 0 radical (unpaired) electrons. The molecule has 21 heavy (non-hydrogen) atoms. The molecule has 4 unspecified atom stereocenters. The third kappa shape index (κ3) is 2.95. The largest absolute Gasteiger partial charge is 0.351 e. The van der Waals surface area contributed by atoms with Gasteiger partial charge in [0.1, 0.15) is 0 Å². The molecule has 0 heterocycles. The summed E-state index contributed by atoms with van der Waals surface area (Å²) in [5, 5.41) is 3.20. The Hall–Kier alpha value is -1.06. The standard InChI is InChI=1S/C17H24N2O.ClH/c1-3-10-17(2,18)16(20)19-15-13-9-8-11-6-4-5-7-12(11)14(13)15;/h4-7,13-15H,3,8-10,18H2,1-2H3,(H,19,20);1H. The molecule has 116 valence electrons. The predicted octanol–water partition coefficient (Wildman–Crippen LogP) is 2.77. The summed E-state index contributed by atoms with van der Waals surface area (Å²) >= 11 is 0. The predicted molar refractivity (Wildman–Crippen MR) is 87.7 cm³/mol. The van der Waals surface area contributed by atoms with E-state index >= 15 is 0 Å². The highest BCUT2D eigenvalue weighted by atomic mass is 35.5. The Kier molecular flexibility index (Phi) is 4.64. The molecule has 0 spiro atoms. The van der Waals surface area contributed by atoms with Gasteiger partial charge in [-0.3, -0.25) is 4.79 Å². The number of rotatable bonds is 4. The Morgan fingerprint density at radius 1 is 1.43 bits per heavy atom. The normalized spacial score (nSPS) is 28.4. The van der Waals surface area contributed by atoms with Crippen molar-refractivity contribution in [3.8, 4) is 0 Å². The highest BCUT2D eigenvalue weighted by Gasteiger charge is 2.54. The van der Waals surface area contributed by atoms with Crippen LogP contribution in [-0.4, -0.2) is 17.5 Å². The summed E-state index contributed by atoms with van der Waals surface area (Å²) in [5.74, 6) is 1.14. The lowest BCUT2D eigenvalue weighted by Crippen LogP contribution is -2.52. The molecule has 4 heteroatoms. The molecule has 1 aromatic rings. The van der Waals surface area contributed by atoms with E-state index in [2.05, 4.69) is 36.5 Å². The molecule has 2 aliphatic carbocycles.